The van der Waals surface area contributed by atoms with Gasteiger partial charge in [0.15, 0.2) is 0 Å². The third kappa shape index (κ3) is 2.58. The number of amides is 2. The summed E-state index contributed by atoms with van der Waals surface area (Å²) in [7, 11) is 0. The van der Waals surface area contributed by atoms with E-state index in [0.29, 0.717) is 12.5 Å². The second-order valence-electron chi connectivity index (χ2n) is 8.12. The van der Waals surface area contributed by atoms with E-state index in [2.05, 4.69) is 29.2 Å². The maximum atomic E-state index is 13.8. The molecule has 0 N–H and O–H groups in total. The molecule has 2 atom stereocenters. The van der Waals surface area contributed by atoms with Crippen molar-refractivity contribution >= 4 is 11.8 Å². The van der Waals surface area contributed by atoms with E-state index in [1.165, 1.54) is 11.1 Å². The molecule has 27 heavy (non-hydrogen) atoms. The first kappa shape index (κ1) is 16.5. The van der Waals surface area contributed by atoms with Gasteiger partial charge in [0.05, 0.1) is 5.92 Å². The van der Waals surface area contributed by atoms with Crippen LogP contribution in [-0.4, -0.2) is 47.3 Å². The Kier molecular flexibility index (Phi) is 3.81. The van der Waals surface area contributed by atoms with Crippen molar-refractivity contribution in [2.75, 3.05) is 19.6 Å². The summed E-state index contributed by atoms with van der Waals surface area (Å²) in [5, 5.41) is 0. The summed E-state index contributed by atoms with van der Waals surface area (Å²) >= 11 is 0. The monoisotopic (exact) mass is 360 g/mol. The first-order valence-electron chi connectivity index (χ1n) is 9.87. The molecule has 3 heterocycles. The Morgan fingerprint density at radius 2 is 1.48 bits per heavy atom. The number of rotatable bonds is 1. The Labute approximate surface area is 159 Å². The molecule has 2 aromatic carbocycles. The summed E-state index contributed by atoms with van der Waals surface area (Å²) in [5.41, 5.74) is 4.59. The molecule has 2 bridgehead atoms. The van der Waals surface area contributed by atoms with Crippen molar-refractivity contribution in [2.45, 2.75) is 31.7 Å². The molecule has 3 aliphatic heterocycles. The Bertz CT molecular complexity index is 877. The van der Waals surface area contributed by atoms with Gasteiger partial charge in [-0.25, -0.2) is 0 Å². The van der Waals surface area contributed by atoms with Crippen molar-refractivity contribution < 1.29 is 9.59 Å². The Hall–Kier alpha value is -2.62. The highest BCUT2D eigenvalue weighted by molar-refractivity contribution is 5.96. The lowest BCUT2D eigenvalue weighted by molar-refractivity contribution is -0.136. The van der Waals surface area contributed by atoms with Crippen LogP contribution < -0.4 is 0 Å². The summed E-state index contributed by atoms with van der Waals surface area (Å²) in [4.78, 5) is 29.7. The van der Waals surface area contributed by atoms with Crippen molar-refractivity contribution in [3.63, 3.8) is 0 Å². The summed E-state index contributed by atoms with van der Waals surface area (Å²) in [6.07, 6.45) is 2.10. The van der Waals surface area contributed by atoms with E-state index in [1.54, 1.807) is 6.92 Å². The second kappa shape index (κ2) is 6.22. The SMILES string of the molecule is CC(=O)N1C[C@H]2CC[C@@H](C1)N(C(=O)C1c3ccccc3-c3ccccc31)C2. The van der Waals surface area contributed by atoms with Crippen LogP contribution in [0.25, 0.3) is 11.1 Å². The van der Waals surface area contributed by atoms with Crippen LogP contribution in [0, 0.1) is 5.92 Å². The van der Waals surface area contributed by atoms with Crippen molar-refractivity contribution in [3.8, 4) is 11.1 Å². The van der Waals surface area contributed by atoms with E-state index in [1.807, 2.05) is 29.2 Å². The van der Waals surface area contributed by atoms with E-state index in [-0.39, 0.29) is 23.8 Å². The van der Waals surface area contributed by atoms with Gasteiger partial charge in [-0.05, 0) is 41.0 Å². The minimum absolute atomic E-state index is 0.123. The average Bonchev–Trinajstić information content (AvgIpc) is 2.81. The van der Waals surface area contributed by atoms with Crippen molar-refractivity contribution in [3.05, 3.63) is 59.7 Å². The zero-order chi connectivity index (χ0) is 18.5. The molecule has 138 valence electrons. The summed E-state index contributed by atoms with van der Waals surface area (Å²) in [6.45, 7) is 3.87. The maximum Gasteiger partial charge on any atom is 0.234 e. The van der Waals surface area contributed by atoms with Crippen LogP contribution >= 0.6 is 0 Å². The minimum Gasteiger partial charge on any atom is -0.341 e. The predicted octanol–water partition coefficient (Wildman–Crippen LogP) is 3.27. The Morgan fingerprint density at radius 3 is 2.11 bits per heavy atom. The van der Waals surface area contributed by atoms with Gasteiger partial charge in [0.2, 0.25) is 11.8 Å². The second-order valence-corrected chi connectivity index (χ2v) is 8.12. The molecule has 2 amide bonds. The number of benzene rings is 2. The highest BCUT2D eigenvalue weighted by Gasteiger charge is 2.43. The lowest BCUT2D eigenvalue weighted by atomic mass is 9.90. The zero-order valence-electron chi connectivity index (χ0n) is 15.6. The average molecular weight is 360 g/mol. The van der Waals surface area contributed by atoms with Gasteiger partial charge in [-0.1, -0.05) is 48.5 Å². The highest BCUT2D eigenvalue weighted by Crippen LogP contribution is 2.46. The van der Waals surface area contributed by atoms with Gasteiger partial charge < -0.3 is 9.80 Å². The van der Waals surface area contributed by atoms with Gasteiger partial charge in [-0.15, -0.1) is 0 Å². The number of carbonyl (C=O) groups is 2. The van der Waals surface area contributed by atoms with Crippen molar-refractivity contribution in [2.24, 2.45) is 5.92 Å². The lowest BCUT2D eigenvalue weighted by Gasteiger charge is -2.38. The Balaban J connectivity index is 1.52. The van der Waals surface area contributed by atoms with Crippen molar-refractivity contribution in [1.82, 2.24) is 9.80 Å². The molecule has 6 rings (SSSR count). The van der Waals surface area contributed by atoms with Crippen LogP contribution in [-0.2, 0) is 9.59 Å². The molecule has 0 aromatic heterocycles. The summed E-state index contributed by atoms with van der Waals surface area (Å²) in [6, 6.07) is 16.7. The fraction of sp³-hybridized carbons (Fsp3) is 0.391. The van der Waals surface area contributed by atoms with Gasteiger partial charge in [0.25, 0.3) is 0 Å². The normalized spacial score (nSPS) is 23.7. The number of fused-ring (bicyclic) bond motifs is 7. The number of piperidine rings is 1. The molecule has 4 aliphatic rings. The molecule has 4 heteroatoms. The van der Waals surface area contributed by atoms with Crippen LogP contribution in [0.3, 0.4) is 0 Å². The van der Waals surface area contributed by atoms with Gasteiger partial charge in [-0.3, -0.25) is 9.59 Å². The molecule has 3 fully saturated rings. The molecule has 0 saturated carbocycles. The molecule has 3 saturated heterocycles. The molecule has 1 aliphatic carbocycles. The first-order valence-corrected chi connectivity index (χ1v) is 9.87. The topological polar surface area (TPSA) is 40.6 Å². The van der Waals surface area contributed by atoms with Gasteiger partial charge in [0.1, 0.15) is 0 Å². The zero-order valence-corrected chi connectivity index (χ0v) is 15.6. The first-order chi connectivity index (χ1) is 13.1. The number of nitrogens with zero attached hydrogens (tertiary/aromatic N) is 2. The van der Waals surface area contributed by atoms with Crippen LogP contribution in [0.4, 0.5) is 0 Å². The number of hydrogen-bond acceptors (Lipinski definition) is 2. The molecule has 0 radical (unpaired) electrons. The highest BCUT2D eigenvalue weighted by atomic mass is 16.2. The molecular weight excluding hydrogens is 336 g/mol. The van der Waals surface area contributed by atoms with Gasteiger partial charge >= 0.3 is 0 Å². The Morgan fingerprint density at radius 1 is 0.852 bits per heavy atom. The largest absolute Gasteiger partial charge is 0.341 e. The minimum atomic E-state index is -0.220. The summed E-state index contributed by atoms with van der Waals surface area (Å²) in [5.74, 6) is 0.497. The standard InChI is InChI=1S/C23H24N2O2/c1-15(26)24-12-16-10-11-17(14-24)25(13-16)23(27)22-20-8-4-2-6-18(20)19-7-3-5-9-21(19)22/h2-9,16-17,22H,10-14H2,1H3/t16-,17+/m1/s1. The lowest BCUT2D eigenvalue weighted by Crippen LogP contribution is -2.49. The fourth-order valence-electron chi connectivity index (χ4n) is 5.20. The van der Waals surface area contributed by atoms with E-state index in [0.717, 1.165) is 37.1 Å². The van der Waals surface area contributed by atoms with Crippen LogP contribution in [0.2, 0.25) is 0 Å². The molecule has 4 nitrogen and oxygen atoms in total. The van der Waals surface area contributed by atoms with E-state index in [4.69, 9.17) is 0 Å². The summed E-state index contributed by atoms with van der Waals surface area (Å²) < 4.78 is 0. The van der Waals surface area contributed by atoms with E-state index >= 15 is 0 Å². The smallest absolute Gasteiger partial charge is 0.234 e. The van der Waals surface area contributed by atoms with E-state index < -0.39 is 0 Å². The maximum absolute atomic E-state index is 13.8. The van der Waals surface area contributed by atoms with Crippen LogP contribution in [0.1, 0.15) is 36.8 Å². The molecule has 0 spiro atoms. The van der Waals surface area contributed by atoms with Gasteiger partial charge in [0, 0.05) is 32.6 Å². The third-order valence-corrected chi connectivity index (χ3v) is 6.52. The molecule has 2 aromatic rings. The third-order valence-electron chi connectivity index (χ3n) is 6.52. The fourth-order valence-corrected chi connectivity index (χ4v) is 5.20. The van der Waals surface area contributed by atoms with Crippen LogP contribution in [0.5, 0.6) is 0 Å². The quantitative estimate of drug-likeness (QED) is 0.783. The van der Waals surface area contributed by atoms with Gasteiger partial charge in [-0.2, -0.15) is 0 Å². The molecule has 0 unspecified atom stereocenters. The van der Waals surface area contributed by atoms with Crippen molar-refractivity contribution in [1.29, 1.82) is 0 Å². The van der Waals surface area contributed by atoms with Crippen LogP contribution in [0.15, 0.2) is 48.5 Å². The predicted molar refractivity (Wildman–Crippen MR) is 104 cm³/mol. The van der Waals surface area contributed by atoms with E-state index in [9.17, 15) is 9.59 Å². The number of hydrogen-bond donors (Lipinski definition) is 0. The number of carbonyl (C=O) groups excluding carboxylic acids is 2. The molecular formula is C23H24N2O2.